The number of carbonyl (C=O) groups excluding carboxylic acids is 11. The van der Waals surface area contributed by atoms with E-state index < -0.39 is 161 Å². The first-order valence-electron chi connectivity index (χ1n) is 32.6. The minimum absolute atomic E-state index is 0.0209. The molecule has 0 unspecified atom stereocenters. The molecule has 532 valence electrons. The topological polar surface area (TPSA) is 399 Å². The molecule has 4 aliphatic rings. The summed E-state index contributed by atoms with van der Waals surface area (Å²) >= 11 is 0. The number of ketones is 1. The molecule has 28 nitrogen and oxygen atoms in total. The Labute approximate surface area is 573 Å². The number of Topliss-reactive ketones (excluding diaryl/α,β-unsaturated/α-hetero) is 1. The van der Waals surface area contributed by atoms with Gasteiger partial charge in [0.25, 0.3) is 5.91 Å². The van der Waals surface area contributed by atoms with Crippen LogP contribution in [0.25, 0.3) is 0 Å². The fraction of sp³-hybridized carbons (Fsp3) is 0.479. The number of benzene rings is 4. The van der Waals surface area contributed by atoms with Gasteiger partial charge in [0, 0.05) is 77.1 Å². The second kappa shape index (κ2) is 31.4. The Morgan fingerprint density at radius 2 is 1.34 bits per heavy atom. The molecule has 7 amide bonds. The highest BCUT2D eigenvalue weighted by Gasteiger charge is 2.79. The van der Waals surface area contributed by atoms with Gasteiger partial charge in [-0.3, -0.25) is 28.8 Å². The van der Waals surface area contributed by atoms with Crippen LogP contribution in [-0.4, -0.2) is 186 Å². The molecule has 10 N–H and O–H groups in total. The number of likely N-dealkylation sites (N-methyl/N-ethyl adjacent to an activating group) is 2. The number of rotatable bonds is 25. The van der Waals surface area contributed by atoms with E-state index in [0.29, 0.717) is 23.2 Å². The normalized spacial score (nSPS) is 24.6. The standard InChI is InChI=1S/C71H88N8O20/c1-39(2)53(72)62(86)76-48(27-20-32-74-65(73)89)61(85)75-47-30-28-43(29-31-47)37-93-66(90)78(9)33-34-79(10)67(91)97-50-35-51-70(38-94-51,99-42(5)81)57-59(98-63(87)46-25-18-13-19-26-46)71(92)36-49(40(3)52(68(71,6)7)56(95-41(4)80)58(83)69(50,57)8)96-64(88)55(82)54(44-21-14-11-15-22-44)77-60(84)45-23-16-12-17-24-45/h11-19,21-26,28-31,39,48-51,53-57,59,82,92H,20,27,32-38,72H2,1-10H3,(H,75,85)(H,76,86)(H,77,84)(H3,73,74,89)/t48-,49-,50-,51+,53-,54-,55+,56+,57-,59-,69+,70-,71+/m0/s1. The van der Waals surface area contributed by atoms with Gasteiger partial charge in [-0.05, 0) is 91.3 Å². The van der Waals surface area contributed by atoms with Gasteiger partial charge in [-0.15, -0.1) is 0 Å². The van der Waals surface area contributed by atoms with E-state index in [-0.39, 0.29) is 67.3 Å². The molecule has 1 aliphatic heterocycles. The largest absolute Gasteiger partial charge is 0.456 e. The third-order valence-corrected chi connectivity index (χ3v) is 19.3. The Morgan fingerprint density at radius 3 is 1.91 bits per heavy atom. The molecule has 3 fully saturated rings. The molecule has 0 spiro atoms. The van der Waals surface area contributed by atoms with Crippen molar-refractivity contribution < 1.29 is 96.1 Å². The van der Waals surface area contributed by atoms with Gasteiger partial charge < -0.3 is 85.9 Å². The summed E-state index contributed by atoms with van der Waals surface area (Å²) in [7, 11) is 2.78. The molecule has 2 bridgehead atoms. The summed E-state index contributed by atoms with van der Waals surface area (Å²) in [5, 5.41) is 36.9. The number of hydrogen-bond donors (Lipinski definition) is 8. The molecule has 4 aromatic rings. The smallest absolute Gasteiger partial charge is 0.409 e. The predicted octanol–water partition coefficient (Wildman–Crippen LogP) is 4.94. The van der Waals surface area contributed by atoms with Crippen LogP contribution >= 0.6 is 0 Å². The molecule has 3 aliphatic carbocycles. The number of fused-ring (bicyclic) bond motifs is 5. The third kappa shape index (κ3) is 16.4. The summed E-state index contributed by atoms with van der Waals surface area (Å²) in [5.41, 5.74) is 3.85. The van der Waals surface area contributed by atoms with Gasteiger partial charge in [0.2, 0.25) is 11.8 Å². The summed E-state index contributed by atoms with van der Waals surface area (Å²) in [6.07, 6.45) is -13.1. The van der Waals surface area contributed by atoms with Crippen molar-refractivity contribution in [2.45, 2.75) is 154 Å². The van der Waals surface area contributed by atoms with Crippen molar-refractivity contribution >= 4 is 71.3 Å². The average Bonchev–Trinajstić information content (AvgIpc) is 0.668. The van der Waals surface area contributed by atoms with E-state index in [9.17, 15) is 58.2 Å². The van der Waals surface area contributed by atoms with E-state index in [4.69, 9.17) is 44.6 Å². The van der Waals surface area contributed by atoms with Gasteiger partial charge >= 0.3 is 42.1 Å². The average molecular weight is 1370 g/mol. The number of anilines is 1. The Bertz CT molecular complexity index is 3690. The van der Waals surface area contributed by atoms with Crippen molar-refractivity contribution in [3.05, 3.63) is 149 Å². The molecule has 2 saturated carbocycles. The second-order valence-electron chi connectivity index (χ2n) is 26.6. The summed E-state index contributed by atoms with van der Waals surface area (Å²) in [6.45, 7) is 10.7. The predicted molar refractivity (Wildman–Crippen MR) is 354 cm³/mol. The number of primary amides is 1. The Morgan fingerprint density at radius 1 is 0.747 bits per heavy atom. The molecule has 1 heterocycles. The van der Waals surface area contributed by atoms with Crippen molar-refractivity contribution in [1.82, 2.24) is 25.8 Å². The maximum absolute atomic E-state index is 16.5. The van der Waals surface area contributed by atoms with Crippen LogP contribution in [0, 0.1) is 22.7 Å². The van der Waals surface area contributed by atoms with Gasteiger partial charge in [0.15, 0.2) is 23.6 Å². The molecule has 13 atom stereocenters. The molecule has 99 heavy (non-hydrogen) atoms. The molecule has 0 aromatic heterocycles. The van der Waals surface area contributed by atoms with Crippen molar-refractivity contribution in [3.63, 3.8) is 0 Å². The number of amides is 7. The summed E-state index contributed by atoms with van der Waals surface area (Å²) in [5.74, 6) is -8.89. The van der Waals surface area contributed by atoms with Crippen molar-refractivity contribution in [2.24, 2.45) is 34.1 Å². The van der Waals surface area contributed by atoms with E-state index in [1.165, 1.54) is 71.0 Å². The number of urea groups is 1. The first-order chi connectivity index (χ1) is 46.7. The Kier molecular flexibility index (Phi) is 23.8. The number of ether oxygens (including phenoxy) is 7. The number of hydrogen-bond acceptors (Lipinski definition) is 21. The maximum Gasteiger partial charge on any atom is 0.409 e. The number of nitrogens with zero attached hydrogens (tertiary/aromatic N) is 2. The minimum Gasteiger partial charge on any atom is -0.456 e. The third-order valence-electron chi connectivity index (χ3n) is 19.3. The van der Waals surface area contributed by atoms with Gasteiger partial charge in [-0.1, -0.05) is 107 Å². The molecule has 8 rings (SSSR count). The van der Waals surface area contributed by atoms with E-state index in [1.807, 2.05) is 0 Å². The fourth-order valence-corrected chi connectivity index (χ4v) is 13.6. The zero-order valence-corrected chi connectivity index (χ0v) is 57.0. The monoisotopic (exact) mass is 1370 g/mol. The minimum atomic E-state index is -2.58. The highest BCUT2D eigenvalue weighted by Crippen LogP contribution is 2.65. The Hall–Kier alpha value is -9.77. The summed E-state index contributed by atoms with van der Waals surface area (Å²) < 4.78 is 43.3. The SMILES string of the molecule is CC(=O)O[C@H]1C(=O)[C@]2(C)[C@@H](OC(=O)N(C)CCN(C)C(=O)OCc3ccc(NC(=O)[C@H](CCCNC(N)=O)NC(=O)[C@@H](N)C(C)C)cc3)C[C@H]3OC[C@@]3(OC(C)=O)[C@H]2[C@H](OC(=O)c2ccccc2)[C@]2(O)C[C@H](OC(=O)[C@H](O)[C@@H](NC(=O)c3ccccc3)c3ccccc3)C(C)=C1C2(C)C. The number of aliphatic hydroxyl groups excluding tert-OH is 1. The van der Waals surface area contributed by atoms with Crippen LogP contribution in [0.2, 0.25) is 0 Å². The lowest BCUT2D eigenvalue weighted by Gasteiger charge is -2.67. The second-order valence-corrected chi connectivity index (χ2v) is 26.6. The van der Waals surface area contributed by atoms with Crippen LogP contribution in [-0.2, 0) is 68.5 Å². The fourth-order valence-electron chi connectivity index (χ4n) is 13.6. The first-order valence-corrected chi connectivity index (χ1v) is 32.6. The Balaban J connectivity index is 1.06. The zero-order valence-electron chi connectivity index (χ0n) is 57.0. The van der Waals surface area contributed by atoms with Crippen molar-refractivity contribution in [1.29, 1.82) is 0 Å². The number of aliphatic hydroxyl groups is 2. The number of nitrogens with two attached hydrogens (primary N) is 2. The molecule has 0 radical (unpaired) electrons. The summed E-state index contributed by atoms with van der Waals surface area (Å²) in [6, 6.07) is 26.1. The van der Waals surface area contributed by atoms with Gasteiger partial charge in [-0.25, -0.2) is 24.0 Å². The number of esters is 4. The highest BCUT2D eigenvalue weighted by molar-refractivity contribution is 5.99. The van der Waals surface area contributed by atoms with E-state index >= 15 is 4.79 Å². The van der Waals surface area contributed by atoms with E-state index in [1.54, 1.807) is 105 Å². The molecule has 28 heteroatoms. The van der Waals surface area contributed by atoms with Crippen LogP contribution < -0.4 is 32.7 Å². The molecular formula is C71H88N8O20. The van der Waals surface area contributed by atoms with Crippen LogP contribution in [0.15, 0.2) is 126 Å². The molecular weight excluding hydrogens is 1280 g/mol. The van der Waals surface area contributed by atoms with Gasteiger partial charge in [0.1, 0.15) is 42.7 Å². The first kappa shape index (κ1) is 75.0. The molecule has 4 aromatic carbocycles. The lowest BCUT2D eigenvalue weighted by Crippen LogP contribution is -2.82. The lowest BCUT2D eigenvalue weighted by molar-refractivity contribution is -0.345. The van der Waals surface area contributed by atoms with Crippen LogP contribution in [0.3, 0.4) is 0 Å². The number of carbonyl (C=O) groups is 11. The zero-order chi connectivity index (χ0) is 72.5. The lowest BCUT2D eigenvalue weighted by atomic mass is 9.44. The quantitative estimate of drug-likeness (QED) is 0.0189. The van der Waals surface area contributed by atoms with Crippen LogP contribution in [0.4, 0.5) is 20.1 Å². The van der Waals surface area contributed by atoms with E-state index in [2.05, 4.69) is 21.3 Å². The maximum atomic E-state index is 16.5. The van der Waals surface area contributed by atoms with Gasteiger partial charge in [-0.2, -0.15) is 0 Å². The summed E-state index contributed by atoms with van der Waals surface area (Å²) in [4.78, 5) is 155. The van der Waals surface area contributed by atoms with Crippen LogP contribution in [0.1, 0.15) is 119 Å². The van der Waals surface area contributed by atoms with Gasteiger partial charge in [0.05, 0.1) is 35.6 Å². The molecule has 1 saturated heterocycles. The van der Waals surface area contributed by atoms with Crippen molar-refractivity contribution in [3.8, 4) is 0 Å². The van der Waals surface area contributed by atoms with Crippen molar-refractivity contribution in [2.75, 3.05) is 45.7 Å². The highest BCUT2D eigenvalue weighted by atomic mass is 16.6. The number of nitrogens with one attached hydrogen (secondary N) is 4. The van der Waals surface area contributed by atoms with Crippen LogP contribution in [0.5, 0.6) is 0 Å². The van der Waals surface area contributed by atoms with E-state index in [0.717, 1.165) is 18.7 Å².